The summed E-state index contributed by atoms with van der Waals surface area (Å²) >= 11 is 3.23. The van der Waals surface area contributed by atoms with Gasteiger partial charge in [0.25, 0.3) is 0 Å². The molecule has 0 spiro atoms. The zero-order valence-electron chi connectivity index (χ0n) is 16.2. The van der Waals surface area contributed by atoms with Gasteiger partial charge in [-0.2, -0.15) is 0 Å². The molecule has 1 atom stereocenters. The summed E-state index contributed by atoms with van der Waals surface area (Å²) in [5.41, 5.74) is 1.14. The summed E-state index contributed by atoms with van der Waals surface area (Å²) < 4.78 is 0. The third-order valence-electron chi connectivity index (χ3n) is 4.43. The number of benzene rings is 1. The first-order valence-electron chi connectivity index (χ1n) is 9.24. The smallest absolute Gasteiger partial charge is 0.236 e. The molecule has 2 aromatic heterocycles. The lowest BCUT2D eigenvalue weighted by Gasteiger charge is -2.29. The first-order valence-corrected chi connectivity index (χ1v) is 10.9. The van der Waals surface area contributed by atoms with Crippen LogP contribution in [0.4, 0.5) is 0 Å². The lowest BCUT2D eigenvalue weighted by molar-refractivity contribution is -0.132. The number of rotatable bonds is 7. The van der Waals surface area contributed by atoms with Gasteiger partial charge in [0, 0.05) is 22.8 Å². The van der Waals surface area contributed by atoms with Gasteiger partial charge in [-0.05, 0) is 38.8 Å². The number of fused-ring (bicyclic) bond motifs is 1. The van der Waals surface area contributed by atoms with Crippen molar-refractivity contribution in [2.45, 2.75) is 57.0 Å². The van der Waals surface area contributed by atoms with Gasteiger partial charge in [-0.1, -0.05) is 49.0 Å². The molecule has 4 nitrogen and oxygen atoms in total. The number of aryl methyl sites for hydroxylation is 1. The molecule has 0 N–H and O–H groups in total. The maximum atomic E-state index is 13.2. The second-order valence-electron chi connectivity index (χ2n) is 6.77. The van der Waals surface area contributed by atoms with Crippen LogP contribution in [0.15, 0.2) is 47.8 Å². The highest BCUT2D eigenvalue weighted by atomic mass is 32.2. The van der Waals surface area contributed by atoms with E-state index in [1.165, 1.54) is 16.6 Å². The van der Waals surface area contributed by atoms with E-state index in [9.17, 15) is 4.79 Å². The van der Waals surface area contributed by atoms with Crippen LogP contribution in [0.5, 0.6) is 0 Å². The van der Waals surface area contributed by atoms with Crippen LogP contribution >= 0.6 is 23.1 Å². The van der Waals surface area contributed by atoms with Gasteiger partial charge in [0.05, 0.1) is 5.25 Å². The number of carbonyl (C=O) groups is 1. The van der Waals surface area contributed by atoms with Crippen LogP contribution < -0.4 is 0 Å². The molecular formula is C21H25N3OS2. The van der Waals surface area contributed by atoms with Crippen molar-refractivity contribution in [1.29, 1.82) is 0 Å². The number of hydrogen-bond donors (Lipinski definition) is 0. The fourth-order valence-corrected chi connectivity index (χ4v) is 4.86. The summed E-state index contributed by atoms with van der Waals surface area (Å²) in [5.74, 6) is 0.136. The van der Waals surface area contributed by atoms with E-state index in [-0.39, 0.29) is 17.2 Å². The monoisotopic (exact) mass is 399 g/mol. The third kappa shape index (κ3) is 4.68. The van der Waals surface area contributed by atoms with Crippen LogP contribution in [0.25, 0.3) is 10.2 Å². The van der Waals surface area contributed by atoms with Gasteiger partial charge in [-0.25, -0.2) is 9.97 Å². The Morgan fingerprint density at radius 3 is 2.59 bits per heavy atom. The highest BCUT2D eigenvalue weighted by Gasteiger charge is 2.25. The van der Waals surface area contributed by atoms with E-state index >= 15 is 0 Å². The van der Waals surface area contributed by atoms with Crippen molar-refractivity contribution in [2.24, 2.45) is 0 Å². The summed E-state index contributed by atoms with van der Waals surface area (Å²) in [7, 11) is 0. The number of nitrogens with zero attached hydrogens (tertiary/aromatic N) is 3. The molecule has 1 aromatic carbocycles. The van der Waals surface area contributed by atoms with Gasteiger partial charge in [0.1, 0.15) is 16.2 Å². The summed E-state index contributed by atoms with van der Waals surface area (Å²) in [5, 5.41) is 1.74. The van der Waals surface area contributed by atoms with Crippen molar-refractivity contribution in [3.05, 3.63) is 53.2 Å². The van der Waals surface area contributed by atoms with E-state index in [4.69, 9.17) is 0 Å². The average Bonchev–Trinajstić information content (AvgIpc) is 3.10. The number of thiophene rings is 1. The summed E-state index contributed by atoms with van der Waals surface area (Å²) in [6.07, 6.45) is 2.58. The fraction of sp³-hybridized carbons (Fsp3) is 0.381. The van der Waals surface area contributed by atoms with E-state index in [2.05, 4.69) is 48.9 Å². The first kappa shape index (κ1) is 19.8. The molecule has 0 aliphatic carbocycles. The second kappa shape index (κ2) is 8.85. The minimum Gasteiger partial charge on any atom is -0.335 e. The summed E-state index contributed by atoms with van der Waals surface area (Å²) in [4.78, 5) is 26.2. The van der Waals surface area contributed by atoms with E-state index < -0.39 is 0 Å². The third-order valence-corrected chi connectivity index (χ3v) is 6.72. The zero-order valence-corrected chi connectivity index (χ0v) is 17.8. The number of hydrogen-bond acceptors (Lipinski definition) is 5. The van der Waals surface area contributed by atoms with Gasteiger partial charge >= 0.3 is 0 Å². The van der Waals surface area contributed by atoms with Crippen molar-refractivity contribution in [3.63, 3.8) is 0 Å². The molecule has 1 unspecified atom stereocenters. The highest BCUT2D eigenvalue weighted by Crippen LogP contribution is 2.33. The van der Waals surface area contributed by atoms with Crippen molar-refractivity contribution in [2.75, 3.05) is 0 Å². The predicted octanol–water partition coefficient (Wildman–Crippen LogP) is 5.17. The molecule has 3 rings (SSSR count). The van der Waals surface area contributed by atoms with Crippen LogP contribution in [0.1, 0.15) is 38.1 Å². The van der Waals surface area contributed by atoms with Crippen molar-refractivity contribution >= 4 is 39.2 Å². The molecule has 0 aliphatic heterocycles. The molecule has 0 saturated carbocycles. The van der Waals surface area contributed by atoms with E-state index in [1.54, 1.807) is 17.7 Å². The molecule has 6 heteroatoms. The maximum Gasteiger partial charge on any atom is 0.236 e. The lowest BCUT2D eigenvalue weighted by Crippen LogP contribution is -2.40. The summed E-state index contributed by atoms with van der Waals surface area (Å²) in [6.45, 7) is 8.86. The van der Waals surface area contributed by atoms with Gasteiger partial charge in [0.15, 0.2) is 0 Å². The lowest BCUT2D eigenvalue weighted by atomic mass is 10.2. The van der Waals surface area contributed by atoms with E-state index in [0.29, 0.717) is 6.54 Å². The molecule has 0 aliphatic rings. The van der Waals surface area contributed by atoms with Crippen LogP contribution in [-0.2, 0) is 17.8 Å². The Balaban J connectivity index is 1.78. The Morgan fingerprint density at radius 1 is 1.19 bits per heavy atom. The number of aromatic nitrogens is 2. The van der Waals surface area contributed by atoms with Gasteiger partial charge in [-0.3, -0.25) is 4.79 Å². The zero-order chi connectivity index (χ0) is 19.4. The number of carbonyl (C=O) groups excluding carboxylic acids is 1. The second-order valence-corrected chi connectivity index (χ2v) is 9.21. The van der Waals surface area contributed by atoms with Crippen LogP contribution in [0.2, 0.25) is 0 Å². The Hall–Kier alpha value is -1.92. The van der Waals surface area contributed by atoms with Crippen LogP contribution in [0.3, 0.4) is 0 Å². The Kier molecular flexibility index (Phi) is 6.50. The molecular weight excluding hydrogens is 374 g/mol. The van der Waals surface area contributed by atoms with Crippen LogP contribution in [-0.4, -0.2) is 32.1 Å². The molecule has 0 saturated heterocycles. The molecule has 0 fully saturated rings. The minimum atomic E-state index is -0.209. The van der Waals surface area contributed by atoms with E-state index in [1.807, 2.05) is 30.0 Å². The topological polar surface area (TPSA) is 46.1 Å². The maximum absolute atomic E-state index is 13.2. The largest absolute Gasteiger partial charge is 0.335 e. The summed E-state index contributed by atoms with van der Waals surface area (Å²) in [6, 6.07) is 12.4. The molecule has 3 aromatic rings. The first-order chi connectivity index (χ1) is 13.0. The van der Waals surface area contributed by atoms with Crippen molar-refractivity contribution in [1.82, 2.24) is 14.9 Å². The van der Waals surface area contributed by atoms with Gasteiger partial charge < -0.3 is 4.90 Å². The van der Waals surface area contributed by atoms with Gasteiger partial charge in [0.2, 0.25) is 5.91 Å². The molecule has 0 radical (unpaired) electrons. The van der Waals surface area contributed by atoms with Crippen molar-refractivity contribution in [3.8, 4) is 0 Å². The van der Waals surface area contributed by atoms with Gasteiger partial charge in [-0.15, -0.1) is 11.3 Å². The minimum absolute atomic E-state index is 0.136. The Labute approximate surface area is 169 Å². The SMILES string of the molecule is CCc1cc2c(SC(C)C(=O)N(Cc3ccccc3)C(C)C)ncnc2s1. The standard InChI is InChI=1S/C21H25N3OS2/c1-5-17-11-18-19(22-13-23-20(18)27-17)26-15(4)21(25)24(14(2)3)12-16-9-7-6-8-10-16/h6-11,13-15H,5,12H2,1-4H3. The fourth-order valence-electron chi connectivity index (χ4n) is 2.90. The Morgan fingerprint density at radius 2 is 1.93 bits per heavy atom. The normalized spacial score (nSPS) is 12.5. The van der Waals surface area contributed by atoms with Crippen molar-refractivity contribution < 1.29 is 4.79 Å². The molecule has 27 heavy (non-hydrogen) atoms. The Bertz CT molecular complexity index is 908. The van der Waals surface area contributed by atoms with Crippen LogP contribution in [0, 0.1) is 0 Å². The predicted molar refractivity (Wildman–Crippen MR) is 114 cm³/mol. The molecule has 1 amide bonds. The highest BCUT2D eigenvalue weighted by molar-refractivity contribution is 8.00. The number of amides is 1. The van der Waals surface area contributed by atoms with E-state index in [0.717, 1.165) is 27.2 Å². The number of thioether (sulfide) groups is 1. The molecule has 2 heterocycles. The molecule has 142 valence electrons. The average molecular weight is 400 g/mol. The molecule has 0 bridgehead atoms. The quantitative estimate of drug-likeness (QED) is 0.406.